The molecule has 3 heteroatoms. The van der Waals surface area contributed by atoms with E-state index in [2.05, 4.69) is 13.8 Å². The lowest BCUT2D eigenvalue weighted by Gasteiger charge is -2.31. The van der Waals surface area contributed by atoms with Crippen LogP contribution in [0, 0.1) is 5.41 Å². The van der Waals surface area contributed by atoms with Crippen LogP contribution in [0.5, 0.6) is 0 Å². The molecule has 0 aromatic rings. The summed E-state index contributed by atoms with van der Waals surface area (Å²) < 4.78 is 4.73. The van der Waals surface area contributed by atoms with E-state index < -0.39 is 0 Å². The molecule has 1 N–H and O–H groups in total. The first-order chi connectivity index (χ1) is 8.64. The number of rotatable bonds is 11. The molecular formula is C15H30O3. The zero-order valence-electron chi connectivity index (χ0n) is 12.3. The molecule has 0 rings (SSSR count). The van der Waals surface area contributed by atoms with Crippen LogP contribution < -0.4 is 0 Å². The molecule has 0 aliphatic rings. The van der Waals surface area contributed by atoms with Gasteiger partial charge in [-0.1, -0.05) is 46.0 Å². The van der Waals surface area contributed by atoms with Crippen molar-refractivity contribution in [1.82, 2.24) is 0 Å². The molecule has 0 atom stereocenters. The van der Waals surface area contributed by atoms with Gasteiger partial charge < -0.3 is 9.84 Å². The maximum Gasteiger partial charge on any atom is 0.305 e. The van der Waals surface area contributed by atoms with Gasteiger partial charge in [0.1, 0.15) is 0 Å². The van der Waals surface area contributed by atoms with Gasteiger partial charge in [0.15, 0.2) is 0 Å². The minimum atomic E-state index is -0.0958. The van der Waals surface area contributed by atoms with Crippen molar-refractivity contribution in [3.63, 3.8) is 0 Å². The lowest BCUT2D eigenvalue weighted by molar-refractivity contribution is -0.141. The normalized spacial score (nSPS) is 11.6. The first-order valence-electron chi connectivity index (χ1n) is 7.31. The van der Waals surface area contributed by atoms with Gasteiger partial charge in [-0.15, -0.1) is 0 Å². The van der Waals surface area contributed by atoms with Crippen LogP contribution in [-0.2, 0) is 9.53 Å². The summed E-state index contributed by atoms with van der Waals surface area (Å²) in [5, 5.41) is 8.74. The van der Waals surface area contributed by atoms with Crippen LogP contribution in [0.4, 0.5) is 0 Å². The average Bonchev–Trinajstić information content (AvgIpc) is 2.42. The molecule has 0 amide bonds. The van der Waals surface area contributed by atoms with Crippen LogP contribution in [0.3, 0.4) is 0 Å². The standard InChI is InChI=1S/C15H30O3/c1-4-15(5-2,12-10-14(17)18-3)11-8-6-7-9-13-16/h16H,4-13H2,1-3H3. The molecule has 108 valence electrons. The molecule has 18 heavy (non-hydrogen) atoms. The van der Waals surface area contributed by atoms with Crippen LogP contribution in [-0.4, -0.2) is 24.8 Å². The number of aliphatic hydroxyl groups is 1. The van der Waals surface area contributed by atoms with Crippen LogP contribution >= 0.6 is 0 Å². The third kappa shape index (κ3) is 7.00. The molecule has 0 aromatic carbocycles. The second-order valence-corrected chi connectivity index (χ2v) is 5.17. The molecule has 0 aromatic heterocycles. The maximum atomic E-state index is 11.3. The lowest BCUT2D eigenvalue weighted by atomic mass is 9.74. The summed E-state index contributed by atoms with van der Waals surface area (Å²) in [6.07, 6.45) is 9.30. The average molecular weight is 258 g/mol. The van der Waals surface area contributed by atoms with E-state index in [-0.39, 0.29) is 5.97 Å². The minimum absolute atomic E-state index is 0.0958. The van der Waals surface area contributed by atoms with Crippen molar-refractivity contribution in [2.75, 3.05) is 13.7 Å². The van der Waals surface area contributed by atoms with Gasteiger partial charge in [-0.05, 0) is 24.7 Å². The highest BCUT2D eigenvalue weighted by atomic mass is 16.5. The monoisotopic (exact) mass is 258 g/mol. The fraction of sp³-hybridized carbons (Fsp3) is 0.933. The summed E-state index contributed by atoms with van der Waals surface area (Å²) in [5.74, 6) is -0.0958. The number of esters is 1. The van der Waals surface area contributed by atoms with Gasteiger partial charge in [0.25, 0.3) is 0 Å². The Balaban J connectivity index is 4.04. The molecule has 0 aliphatic carbocycles. The van der Waals surface area contributed by atoms with Gasteiger partial charge in [-0.2, -0.15) is 0 Å². The largest absolute Gasteiger partial charge is 0.469 e. The topological polar surface area (TPSA) is 46.5 Å². The number of unbranched alkanes of at least 4 members (excludes halogenated alkanes) is 3. The summed E-state index contributed by atoms with van der Waals surface area (Å²) in [6.45, 7) is 4.73. The predicted molar refractivity (Wildman–Crippen MR) is 74.4 cm³/mol. The molecule has 0 saturated carbocycles. The van der Waals surface area contributed by atoms with Crippen LogP contribution in [0.25, 0.3) is 0 Å². The van der Waals surface area contributed by atoms with Crippen molar-refractivity contribution in [2.24, 2.45) is 5.41 Å². The lowest BCUT2D eigenvalue weighted by Crippen LogP contribution is -2.20. The number of ether oxygens (including phenoxy) is 1. The fourth-order valence-corrected chi connectivity index (χ4v) is 2.52. The number of hydrogen-bond donors (Lipinski definition) is 1. The predicted octanol–water partition coefficient (Wildman–Crippen LogP) is 3.69. The number of methoxy groups -OCH3 is 1. The Labute approximate surface area is 112 Å². The number of aliphatic hydroxyl groups excluding tert-OH is 1. The molecule has 0 spiro atoms. The van der Waals surface area contributed by atoms with Crippen molar-refractivity contribution in [2.45, 2.75) is 71.6 Å². The highest BCUT2D eigenvalue weighted by molar-refractivity contribution is 5.69. The molecule has 0 saturated heterocycles. The maximum absolute atomic E-state index is 11.3. The van der Waals surface area contributed by atoms with Crippen molar-refractivity contribution >= 4 is 5.97 Å². The van der Waals surface area contributed by atoms with Gasteiger partial charge in [0.2, 0.25) is 0 Å². The van der Waals surface area contributed by atoms with E-state index in [1.165, 1.54) is 26.4 Å². The quantitative estimate of drug-likeness (QED) is 0.454. The Morgan fingerprint density at radius 3 is 2.17 bits per heavy atom. The molecule has 0 fully saturated rings. The van der Waals surface area contributed by atoms with E-state index >= 15 is 0 Å². The summed E-state index contributed by atoms with van der Waals surface area (Å²) in [7, 11) is 1.46. The zero-order valence-corrected chi connectivity index (χ0v) is 12.3. The van der Waals surface area contributed by atoms with E-state index in [0.29, 0.717) is 18.4 Å². The molecule has 0 aliphatic heterocycles. The SMILES string of the molecule is CCC(CC)(CCCCCCO)CCC(=O)OC. The highest BCUT2D eigenvalue weighted by Gasteiger charge is 2.26. The molecule has 0 heterocycles. The van der Waals surface area contributed by atoms with Crippen molar-refractivity contribution in [3.8, 4) is 0 Å². The Hall–Kier alpha value is -0.570. The van der Waals surface area contributed by atoms with Gasteiger partial charge in [-0.25, -0.2) is 0 Å². The van der Waals surface area contributed by atoms with Gasteiger partial charge in [0.05, 0.1) is 7.11 Å². The second kappa shape index (κ2) is 10.4. The Morgan fingerprint density at radius 2 is 1.67 bits per heavy atom. The Kier molecular flexibility index (Phi) is 10.0. The summed E-state index contributed by atoms with van der Waals surface area (Å²) in [6, 6.07) is 0. The zero-order chi connectivity index (χ0) is 13.9. The van der Waals surface area contributed by atoms with E-state index in [0.717, 1.165) is 32.1 Å². The third-order valence-electron chi connectivity index (χ3n) is 4.20. The molecule has 3 nitrogen and oxygen atoms in total. The summed E-state index contributed by atoms with van der Waals surface area (Å²) in [5.41, 5.74) is 0.299. The van der Waals surface area contributed by atoms with Crippen LogP contribution in [0.1, 0.15) is 71.6 Å². The van der Waals surface area contributed by atoms with E-state index in [9.17, 15) is 4.79 Å². The van der Waals surface area contributed by atoms with Gasteiger partial charge in [-0.3, -0.25) is 4.79 Å². The fourth-order valence-electron chi connectivity index (χ4n) is 2.52. The van der Waals surface area contributed by atoms with Crippen molar-refractivity contribution in [3.05, 3.63) is 0 Å². The summed E-state index contributed by atoms with van der Waals surface area (Å²) in [4.78, 5) is 11.3. The first-order valence-corrected chi connectivity index (χ1v) is 7.31. The number of carbonyl (C=O) groups excluding carboxylic acids is 1. The van der Waals surface area contributed by atoms with Crippen molar-refractivity contribution in [1.29, 1.82) is 0 Å². The van der Waals surface area contributed by atoms with Crippen molar-refractivity contribution < 1.29 is 14.6 Å². The van der Waals surface area contributed by atoms with Crippen LogP contribution in [0.2, 0.25) is 0 Å². The minimum Gasteiger partial charge on any atom is -0.469 e. The third-order valence-corrected chi connectivity index (χ3v) is 4.20. The molecular weight excluding hydrogens is 228 g/mol. The van der Waals surface area contributed by atoms with Gasteiger partial charge >= 0.3 is 5.97 Å². The summed E-state index contributed by atoms with van der Waals surface area (Å²) >= 11 is 0. The molecule has 0 bridgehead atoms. The van der Waals surface area contributed by atoms with E-state index in [4.69, 9.17) is 9.84 Å². The van der Waals surface area contributed by atoms with E-state index in [1.54, 1.807) is 0 Å². The molecule has 0 radical (unpaired) electrons. The second-order valence-electron chi connectivity index (χ2n) is 5.17. The number of carbonyl (C=O) groups is 1. The first kappa shape index (κ1) is 17.4. The Morgan fingerprint density at radius 1 is 1.06 bits per heavy atom. The smallest absolute Gasteiger partial charge is 0.305 e. The Bertz CT molecular complexity index is 210. The highest BCUT2D eigenvalue weighted by Crippen LogP contribution is 2.37. The van der Waals surface area contributed by atoms with Gasteiger partial charge in [0, 0.05) is 13.0 Å². The van der Waals surface area contributed by atoms with E-state index in [1.807, 2.05) is 0 Å². The molecule has 0 unspecified atom stereocenters. The van der Waals surface area contributed by atoms with Crippen LogP contribution in [0.15, 0.2) is 0 Å². The number of hydrogen-bond acceptors (Lipinski definition) is 3.